The van der Waals surface area contributed by atoms with Gasteiger partial charge in [0.15, 0.2) is 0 Å². The number of aliphatic carboxylic acids is 1. The Kier molecular flexibility index (Phi) is 4.39. The lowest BCUT2D eigenvalue weighted by Gasteiger charge is -2.37. The van der Waals surface area contributed by atoms with Gasteiger partial charge in [-0.3, -0.25) is 0 Å². The number of carboxylic acid groups (broad SMARTS) is 1. The molecule has 0 unspecified atom stereocenters. The van der Waals surface area contributed by atoms with E-state index in [1.54, 1.807) is 6.07 Å². The number of carbonyl (C=O) groups is 1. The van der Waals surface area contributed by atoms with Crippen LogP contribution in [0.1, 0.15) is 19.4 Å². The predicted octanol–water partition coefficient (Wildman–Crippen LogP) is 2.54. The van der Waals surface area contributed by atoms with Crippen molar-refractivity contribution in [1.29, 1.82) is 0 Å². The SMILES string of the molecule is C[C@@H]1CN(c2cc(F)cc(/C=C/C(=O)O)c2)C[C@H](C)O1. The number of anilines is 1. The Morgan fingerprint density at radius 2 is 2.00 bits per heavy atom. The van der Waals surface area contributed by atoms with Crippen molar-refractivity contribution < 1.29 is 19.0 Å². The Bertz CT molecular complexity index is 520. The second kappa shape index (κ2) is 6.05. The van der Waals surface area contributed by atoms with Gasteiger partial charge in [0.2, 0.25) is 0 Å². The maximum Gasteiger partial charge on any atom is 0.328 e. The van der Waals surface area contributed by atoms with E-state index in [-0.39, 0.29) is 18.0 Å². The van der Waals surface area contributed by atoms with Gasteiger partial charge < -0.3 is 14.7 Å². The molecule has 1 fully saturated rings. The van der Waals surface area contributed by atoms with Crippen molar-refractivity contribution in [3.8, 4) is 0 Å². The van der Waals surface area contributed by atoms with Crippen LogP contribution in [0.2, 0.25) is 0 Å². The Labute approximate surface area is 117 Å². The maximum absolute atomic E-state index is 13.7. The minimum Gasteiger partial charge on any atom is -0.478 e. The van der Waals surface area contributed by atoms with Gasteiger partial charge >= 0.3 is 5.97 Å². The van der Waals surface area contributed by atoms with Gasteiger partial charge in [-0.15, -0.1) is 0 Å². The van der Waals surface area contributed by atoms with E-state index in [1.807, 2.05) is 13.8 Å². The van der Waals surface area contributed by atoms with Crippen LogP contribution in [0.3, 0.4) is 0 Å². The summed E-state index contributed by atoms with van der Waals surface area (Å²) in [7, 11) is 0. The number of nitrogens with zero attached hydrogens (tertiary/aromatic N) is 1. The standard InChI is InChI=1S/C15H18FNO3/c1-10-8-17(9-11(2)20-10)14-6-12(3-4-15(18)19)5-13(16)7-14/h3-7,10-11H,8-9H2,1-2H3,(H,18,19)/b4-3+/t10-,11+. The lowest BCUT2D eigenvalue weighted by Crippen LogP contribution is -2.45. The molecular weight excluding hydrogens is 261 g/mol. The Balaban J connectivity index is 2.25. The van der Waals surface area contributed by atoms with Crippen LogP contribution in [0.25, 0.3) is 6.08 Å². The summed E-state index contributed by atoms with van der Waals surface area (Å²) < 4.78 is 19.3. The van der Waals surface area contributed by atoms with E-state index in [0.29, 0.717) is 18.7 Å². The molecule has 0 aromatic heterocycles. The number of morpholine rings is 1. The molecule has 0 spiro atoms. The smallest absolute Gasteiger partial charge is 0.328 e. The number of halogens is 1. The number of carboxylic acids is 1. The first-order valence-corrected chi connectivity index (χ1v) is 6.56. The summed E-state index contributed by atoms with van der Waals surface area (Å²) in [5.41, 5.74) is 1.28. The molecule has 0 aliphatic carbocycles. The van der Waals surface area contributed by atoms with Gasteiger partial charge in [0.25, 0.3) is 0 Å². The molecule has 0 radical (unpaired) electrons. The summed E-state index contributed by atoms with van der Waals surface area (Å²) in [6.45, 7) is 5.34. The molecule has 108 valence electrons. The highest BCUT2D eigenvalue weighted by Gasteiger charge is 2.22. The number of benzene rings is 1. The summed E-state index contributed by atoms with van der Waals surface area (Å²) in [5, 5.41) is 8.62. The first-order chi connectivity index (χ1) is 9.44. The second-order valence-corrected chi connectivity index (χ2v) is 5.08. The Morgan fingerprint density at radius 3 is 2.60 bits per heavy atom. The second-order valence-electron chi connectivity index (χ2n) is 5.08. The van der Waals surface area contributed by atoms with Crippen LogP contribution in [0.15, 0.2) is 24.3 Å². The van der Waals surface area contributed by atoms with E-state index in [4.69, 9.17) is 9.84 Å². The van der Waals surface area contributed by atoms with Crippen molar-refractivity contribution in [2.45, 2.75) is 26.1 Å². The number of rotatable bonds is 3. The van der Waals surface area contributed by atoms with Crippen molar-refractivity contribution in [2.75, 3.05) is 18.0 Å². The molecule has 1 aliphatic heterocycles. The Hall–Kier alpha value is -1.88. The zero-order valence-electron chi connectivity index (χ0n) is 11.5. The molecule has 0 bridgehead atoms. The molecule has 1 saturated heterocycles. The summed E-state index contributed by atoms with van der Waals surface area (Å²) >= 11 is 0. The third kappa shape index (κ3) is 3.81. The van der Waals surface area contributed by atoms with Gasteiger partial charge in [0.1, 0.15) is 5.82 Å². The topological polar surface area (TPSA) is 49.8 Å². The van der Waals surface area contributed by atoms with Gasteiger partial charge in [-0.25, -0.2) is 9.18 Å². The average Bonchev–Trinajstić information content (AvgIpc) is 2.34. The van der Waals surface area contributed by atoms with E-state index in [0.717, 1.165) is 11.8 Å². The monoisotopic (exact) mass is 279 g/mol. The van der Waals surface area contributed by atoms with Crippen molar-refractivity contribution in [3.63, 3.8) is 0 Å². The summed E-state index contributed by atoms with van der Waals surface area (Å²) in [4.78, 5) is 12.6. The van der Waals surface area contributed by atoms with Crippen molar-refractivity contribution in [2.24, 2.45) is 0 Å². The highest BCUT2D eigenvalue weighted by atomic mass is 19.1. The molecule has 2 rings (SSSR count). The molecule has 1 aromatic carbocycles. The van der Waals surface area contributed by atoms with Gasteiger partial charge in [0.05, 0.1) is 12.2 Å². The molecule has 0 amide bonds. The fourth-order valence-electron chi connectivity index (χ4n) is 2.43. The fraction of sp³-hybridized carbons (Fsp3) is 0.400. The number of ether oxygens (including phenoxy) is 1. The molecule has 1 aromatic rings. The fourth-order valence-corrected chi connectivity index (χ4v) is 2.43. The molecule has 0 saturated carbocycles. The molecule has 1 N–H and O–H groups in total. The average molecular weight is 279 g/mol. The van der Waals surface area contributed by atoms with Gasteiger partial charge in [0, 0.05) is 24.9 Å². The van der Waals surface area contributed by atoms with Gasteiger partial charge in [-0.05, 0) is 43.7 Å². The third-order valence-electron chi connectivity index (χ3n) is 3.11. The van der Waals surface area contributed by atoms with E-state index in [9.17, 15) is 9.18 Å². The largest absolute Gasteiger partial charge is 0.478 e. The zero-order chi connectivity index (χ0) is 14.7. The molecule has 5 heteroatoms. The normalized spacial score (nSPS) is 23.2. The molecular formula is C15H18FNO3. The molecule has 2 atom stereocenters. The highest BCUT2D eigenvalue weighted by Crippen LogP contribution is 2.23. The number of hydrogen-bond acceptors (Lipinski definition) is 3. The van der Waals surface area contributed by atoms with Crippen LogP contribution in [0.5, 0.6) is 0 Å². The first-order valence-electron chi connectivity index (χ1n) is 6.56. The third-order valence-corrected chi connectivity index (χ3v) is 3.11. The first kappa shape index (κ1) is 14.5. The lowest BCUT2D eigenvalue weighted by molar-refractivity contribution is -0.131. The molecule has 1 aliphatic rings. The number of hydrogen-bond donors (Lipinski definition) is 1. The maximum atomic E-state index is 13.7. The van der Waals surface area contributed by atoms with Crippen molar-refractivity contribution >= 4 is 17.7 Å². The molecule has 20 heavy (non-hydrogen) atoms. The van der Waals surface area contributed by atoms with Crippen molar-refractivity contribution in [3.05, 3.63) is 35.7 Å². The Morgan fingerprint density at radius 1 is 1.35 bits per heavy atom. The quantitative estimate of drug-likeness (QED) is 0.864. The minimum absolute atomic E-state index is 0.0834. The van der Waals surface area contributed by atoms with Crippen LogP contribution in [-0.2, 0) is 9.53 Å². The predicted molar refractivity (Wildman–Crippen MR) is 75.3 cm³/mol. The van der Waals surface area contributed by atoms with E-state index in [2.05, 4.69) is 4.90 Å². The van der Waals surface area contributed by atoms with Crippen LogP contribution in [-0.4, -0.2) is 36.4 Å². The van der Waals surface area contributed by atoms with Crippen LogP contribution >= 0.6 is 0 Å². The van der Waals surface area contributed by atoms with E-state index < -0.39 is 5.97 Å². The van der Waals surface area contributed by atoms with Crippen molar-refractivity contribution in [1.82, 2.24) is 0 Å². The van der Waals surface area contributed by atoms with Gasteiger partial charge in [-0.1, -0.05) is 0 Å². The summed E-state index contributed by atoms with van der Waals surface area (Å²) in [6, 6.07) is 4.56. The van der Waals surface area contributed by atoms with Gasteiger partial charge in [-0.2, -0.15) is 0 Å². The summed E-state index contributed by atoms with van der Waals surface area (Å²) in [5.74, 6) is -1.43. The van der Waals surface area contributed by atoms with E-state index in [1.165, 1.54) is 18.2 Å². The van der Waals surface area contributed by atoms with Crippen LogP contribution in [0.4, 0.5) is 10.1 Å². The lowest BCUT2D eigenvalue weighted by atomic mass is 10.1. The summed E-state index contributed by atoms with van der Waals surface area (Å²) in [6.07, 6.45) is 2.56. The minimum atomic E-state index is -1.05. The zero-order valence-corrected chi connectivity index (χ0v) is 11.5. The molecule has 4 nitrogen and oxygen atoms in total. The van der Waals surface area contributed by atoms with E-state index >= 15 is 0 Å². The van der Waals surface area contributed by atoms with Crippen LogP contribution < -0.4 is 4.90 Å². The highest BCUT2D eigenvalue weighted by molar-refractivity contribution is 5.85. The van der Waals surface area contributed by atoms with Crippen LogP contribution in [0, 0.1) is 5.82 Å². The molecule has 1 heterocycles.